The first-order valence-corrected chi connectivity index (χ1v) is 10.3. The van der Waals surface area contributed by atoms with Crippen LogP contribution in [0.2, 0.25) is 0 Å². The monoisotopic (exact) mass is 373 g/mol. The summed E-state index contributed by atoms with van der Waals surface area (Å²) in [6, 6.07) is 3.30. The van der Waals surface area contributed by atoms with Crippen LogP contribution in [0.5, 0.6) is 0 Å². The number of carbonyl (C=O) groups excluding carboxylic acids is 2. The van der Waals surface area contributed by atoms with Crippen LogP contribution in [0, 0.1) is 5.92 Å². The van der Waals surface area contributed by atoms with Crippen molar-refractivity contribution in [3.05, 3.63) is 17.5 Å². The lowest BCUT2D eigenvalue weighted by Crippen LogP contribution is -2.45. The van der Waals surface area contributed by atoms with Crippen molar-refractivity contribution in [2.75, 3.05) is 26.2 Å². The minimum atomic E-state index is -3.45. The first-order chi connectivity index (χ1) is 11.4. The summed E-state index contributed by atoms with van der Waals surface area (Å²) in [5.41, 5.74) is 0. The Morgan fingerprint density at radius 1 is 1.29 bits per heavy atom. The van der Waals surface area contributed by atoms with Gasteiger partial charge in [-0.1, -0.05) is 13.0 Å². The van der Waals surface area contributed by atoms with Crippen LogP contribution in [-0.4, -0.2) is 50.7 Å². The third-order valence-corrected chi connectivity index (χ3v) is 7.18. The Labute approximate surface area is 146 Å². The van der Waals surface area contributed by atoms with Crippen molar-refractivity contribution in [3.63, 3.8) is 0 Å². The Morgan fingerprint density at radius 3 is 2.58 bits per heavy atom. The Balaban J connectivity index is 1.80. The van der Waals surface area contributed by atoms with Crippen molar-refractivity contribution < 1.29 is 18.0 Å². The van der Waals surface area contributed by atoms with Crippen LogP contribution in [0.3, 0.4) is 0 Å². The number of carbonyl (C=O) groups is 2. The smallest absolute Gasteiger partial charge is 0.252 e. The lowest BCUT2D eigenvalue weighted by Gasteiger charge is -2.30. The average Bonchev–Trinajstić information content (AvgIpc) is 3.13. The van der Waals surface area contributed by atoms with E-state index >= 15 is 0 Å². The SMILES string of the molecule is CCCNC(=O)CNC(=O)C1CCN(S(=O)(=O)c2cccs2)CC1. The van der Waals surface area contributed by atoms with Gasteiger partial charge in [0.2, 0.25) is 11.8 Å². The van der Waals surface area contributed by atoms with Crippen LogP contribution in [0.1, 0.15) is 26.2 Å². The maximum Gasteiger partial charge on any atom is 0.252 e. The molecule has 2 rings (SSSR count). The minimum Gasteiger partial charge on any atom is -0.355 e. The molecule has 1 fully saturated rings. The van der Waals surface area contributed by atoms with Crippen molar-refractivity contribution in [2.45, 2.75) is 30.4 Å². The summed E-state index contributed by atoms with van der Waals surface area (Å²) in [5, 5.41) is 7.05. The van der Waals surface area contributed by atoms with E-state index in [1.54, 1.807) is 17.5 Å². The van der Waals surface area contributed by atoms with Crippen molar-refractivity contribution >= 4 is 33.2 Å². The largest absolute Gasteiger partial charge is 0.355 e. The zero-order valence-corrected chi connectivity index (χ0v) is 15.3. The van der Waals surface area contributed by atoms with Gasteiger partial charge >= 0.3 is 0 Å². The summed E-state index contributed by atoms with van der Waals surface area (Å²) in [6.07, 6.45) is 1.77. The van der Waals surface area contributed by atoms with Gasteiger partial charge in [-0.3, -0.25) is 9.59 Å². The van der Waals surface area contributed by atoms with Gasteiger partial charge in [0.15, 0.2) is 0 Å². The van der Waals surface area contributed by atoms with Gasteiger partial charge in [-0.2, -0.15) is 4.31 Å². The Morgan fingerprint density at radius 2 is 2.00 bits per heavy atom. The highest BCUT2D eigenvalue weighted by Gasteiger charge is 2.32. The fourth-order valence-corrected chi connectivity index (χ4v) is 5.15. The molecule has 0 aromatic carbocycles. The number of amides is 2. The zero-order valence-electron chi connectivity index (χ0n) is 13.7. The van der Waals surface area contributed by atoms with Crippen LogP contribution >= 0.6 is 11.3 Å². The summed E-state index contributed by atoms with van der Waals surface area (Å²) >= 11 is 1.20. The number of nitrogens with zero attached hydrogens (tertiary/aromatic N) is 1. The predicted molar refractivity (Wildman–Crippen MR) is 92.1 cm³/mol. The van der Waals surface area contributed by atoms with Gasteiger partial charge in [-0.25, -0.2) is 8.42 Å². The third kappa shape index (κ3) is 4.78. The first kappa shape index (κ1) is 18.9. The van der Waals surface area contributed by atoms with Crippen LogP contribution in [0.15, 0.2) is 21.7 Å². The molecule has 0 spiro atoms. The van der Waals surface area contributed by atoms with E-state index in [0.717, 1.165) is 6.42 Å². The van der Waals surface area contributed by atoms with E-state index in [-0.39, 0.29) is 24.3 Å². The second-order valence-corrected chi connectivity index (χ2v) is 8.79. The van der Waals surface area contributed by atoms with Crippen LogP contribution in [0.4, 0.5) is 0 Å². The summed E-state index contributed by atoms with van der Waals surface area (Å²) in [6.45, 7) is 3.15. The summed E-state index contributed by atoms with van der Waals surface area (Å²) in [7, 11) is -3.45. The molecule has 0 bridgehead atoms. The maximum atomic E-state index is 12.4. The molecule has 1 saturated heterocycles. The number of piperidine rings is 1. The van der Waals surface area contributed by atoms with Crippen molar-refractivity contribution in [3.8, 4) is 0 Å². The third-order valence-electron chi connectivity index (χ3n) is 3.91. The Hall–Kier alpha value is -1.45. The molecular formula is C15H23N3O4S2. The quantitative estimate of drug-likeness (QED) is 0.739. The molecule has 0 aliphatic carbocycles. The first-order valence-electron chi connectivity index (χ1n) is 8.03. The molecule has 2 amide bonds. The van der Waals surface area contributed by atoms with Gasteiger partial charge in [0, 0.05) is 25.6 Å². The molecule has 0 radical (unpaired) electrons. The van der Waals surface area contributed by atoms with E-state index in [4.69, 9.17) is 0 Å². The average molecular weight is 374 g/mol. The maximum absolute atomic E-state index is 12.4. The van der Waals surface area contributed by atoms with Gasteiger partial charge in [-0.15, -0.1) is 11.3 Å². The molecule has 2 heterocycles. The highest BCUT2D eigenvalue weighted by atomic mass is 32.2. The van der Waals surface area contributed by atoms with E-state index in [1.807, 2.05) is 6.92 Å². The van der Waals surface area contributed by atoms with Crippen LogP contribution < -0.4 is 10.6 Å². The predicted octanol–water partition coefficient (Wildman–Crippen LogP) is 0.791. The Kier molecular flexibility index (Phi) is 6.76. The highest BCUT2D eigenvalue weighted by molar-refractivity contribution is 7.91. The van der Waals surface area contributed by atoms with Crippen LogP contribution in [-0.2, 0) is 19.6 Å². The van der Waals surface area contributed by atoms with Gasteiger partial charge in [0.1, 0.15) is 4.21 Å². The molecule has 1 aromatic rings. The van der Waals surface area contributed by atoms with E-state index in [2.05, 4.69) is 10.6 Å². The Bertz CT molecular complexity index is 650. The second kappa shape index (κ2) is 8.59. The van der Waals surface area contributed by atoms with Gasteiger partial charge in [0.05, 0.1) is 6.54 Å². The van der Waals surface area contributed by atoms with E-state index < -0.39 is 10.0 Å². The van der Waals surface area contributed by atoms with Gasteiger partial charge in [-0.05, 0) is 30.7 Å². The van der Waals surface area contributed by atoms with Gasteiger partial charge in [0.25, 0.3) is 10.0 Å². The van der Waals surface area contributed by atoms with Gasteiger partial charge < -0.3 is 10.6 Å². The fraction of sp³-hybridized carbons (Fsp3) is 0.600. The van der Waals surface area contributed by atoms with Crippen molar-refractivity contribution in [2.24, 2.45) is 5.92 Å². The molecule has 24 heavy (non-hydrogen) atoms. The molecule has 0 saturated carbocycles. The number of hydrogen-bond donors (Lipinski definition) is 2. The molecule has 134 valence electrons. The molecule has 1 aliphatic rings. The van der Waals surface area contributed by atoms with Crippen molar-refractivity contribution in [1.82, 2.24) is 14.9 Å². The number of nitrogens with one attached hydrogen (secondary N) is 2. The molecular weight excluding hydrogens is 350 g/mol. The van der Waals surface area contributed by atoms with E-state index in [0.29, 0.717) is 36.7 Å². The summed E-state index contributed by atoms with van der Waals surface area (Å²) in [5.74, 6) is -0.642. The molecule has 1 aliphatic heterocycles. The number of rotatable bonds is 7. The molecule has 9 heteroatoms. The standard InChI is InChI=1S/C15H23N3O4S2/c1-2-7-16-13(19)11-17-15(20)12-5-8-18(9-6-12)24(21,22)14-4-3-10-23-14/h3-4,10,12H,2,5-9,11H2,1H3,(H,16,19)(H,17,20). The second-order valence-electron chi connectivity index (χ2n) is 5.68. The summed E-state index contributed by atoms with van der Waals surface area (Å²) < 4.78 is 26.6. The fourth-order valence-electron chi connectivity index (χ4n) is 2.53. The number of hydrogen-bond acceptors (Lipinski definition) is 5. The van der Waals surface area contributed by atoms with Crippen LogP contribution in [0.25, 0.3) is 0 Å². The minimum absolute atomic E-state index is 0.0352. The molecule has 7 nitrogen and oxygen atoms in total. The summed E-state index contributed by atoms with van der Waals surface area (Å²) in [4.78, 5) is 23.6. The molecule has 0 atom stereocenters. The molecule has 1 aromatic heterocycles. The topological polar surface area (TPSA) is 95.6 Å². The van der Waals surface area contributed by atoms with Crippen molar-refractivity contribution in [1.29, 1.82) is 0 Å². The zero-order chi connectivity index (χ0) is 17.6. The molecule has 0 unspecified atom stereocenters. The highest BCUT2D eigenvalue weighted by Crippen LogP contribution is 2.26. The number of thiophene rings is 1. The number of sulfonamides is 1. The lowest BCUT2D eigenvalue weighted by molar-refractivity contribution is -0.129. The normalized spacial score (nSPS) is 16.7. The van der Waals surface area contributed by atoms with E-state index in [1.165, 1.54) is 15.6 Å². The molecule has 2 N–H and O–H groups in total. The van der Waals surface area contributed by atoms with E-state index in [9.17, 15) is 18.0 Å². The lowest BCUT2D eigenvalue weighted by atomic mass is 9.97.